The molecule has 3 N–H and O–H groups in total. The van der Waals surface area contributed by atoms with Gasteiger partial charge in [-0.1, -0.05) is 27.7 Å². The predicted octanol–water partition coefficient (Wildman–Crippen LogP) is 2.24. The van der Waals surface area contributed by atoms with Crippen LogP contribution in [0.5, 0.6) is 11.9 Å². The summed E-state index contributed by atoms with van der Waals surface area (Å²) in [6.07, 6.45) is -0.831. The smallest absolute Gasteiger partial charge is 0.321 e. The fourth-order valence-electron chi connectivity index (χ4n) is 4.12. The van der Waals surface area contributed by atoms with Crippen LogP contribution in [0.2, 0.25) is 0 Å². The Balaban J connectivity index is 1.57. The van der Waals surface area contributed by atoms with Gasteiger partial charge in [0, 0.05) is 16.9 Å². The standard InChI is InChI=1S/C25H44N4O7/c1-23(2,12-26)13-33-15-24(3,4)14-32-11-17-21-20(35-25(5,6)36-21)16(10-34-17)27-18-9-19(30-7)29-22(28-18)31-8/h9,16-17,20-21H,10-15,26H2,1-8H3,(H,27,28,29)/t16-,17-,20-,21+/m1/s1. The van der Waals surface area contributed by atoms with Gasteiger partial charge < -0.3 is 44.2 Å². The molecule has 1 aromatic rings. The van der Waals surface area contributed by atoms with Gasteiger partial charge in [-0.3, -0.25) is 0 Å². The van der Waals surface area contributed by atoms with Crippen LogP contribution in [-0.4, -0.2) is 93.9 Å². The van der Waals surface area contributed by atoms with Gasteiger partial charge in [0.05, 0.1) is 53.3 Å². The minimum absolute atomic E-state index is 0.0406. The Hall–Kier alpha value is -1.76. The molecule has 4 atom stereocenters. The quantitative estimate of drug-likeness (QED) is 0.404. The molecule has 0 amide bonds. The first-order valence-electron chi connectivity index (χ1n) is 12.4. The number of methoxy groups -OCH3 is 2. The SMILES string of the molecule is COc1cc(N[C@@H]2CO[C@H](COCC(C)(C)COCC(C)(C)CN)[C@@H]3OC(C)(C)O[C@@H]32)nc(OC)n1. The number of nitrogens with one attached hydrogen (secondary N) is 1. The third kappa shape index (κ3) is 7.87. The van der Waals surface area contributed by atoms with Gasteiger partial charge in [-0.25, -0.2) is 0 Å². The van der Waals surface area contributed by atoms with Gasteiger partial charge in [0.25, 0.3) is 0 Å². The highest BCUT2D eigenvalue weighted by Gasteiger charge is 2.52. The van der Waals surface area contributed by atoms with Crippen molar-refractivity contribution in [2.24, 2.45) is 16.6 Å². The number of anilines is 1. The van der Waals surface area contributed by atoms with Gasteiger partial charge in [-0.2, -0.15) is 9.97 Å². The lowest BCUT2D eigenvalue weighted by Gasteiger charge is -2.38. The van der Waals surface area contributed by atoms with E-state index in [9.17, 15) is 0 Å². The summed E-state index contributed by atoms with van der Waals surface area (Å²) in [6, 6.07) is 1.71. The first-order valence-corrected chi connectivity index (χ1v) is 12.4. The number of nitrogens with two attached hydrogens (primary N) is 1. The molecule has 1 aromatic heterocycles. The summed E-state index contributed by atoms with van der Waals surface area (Å²) in [5.74, 6) is 0.199. The number of rotatable bonds is 13. The van der Waals surface area contributed by atoms with Gasteiger partial charge in [0.1, 0.15) is 24.1 Å². The Bertz CT molecular complexity index is 829. The van der Waals surface area contributed by atoms with Crippen LogP contribution < -0.4 is 20.5 Å². The zero-order valence-corrected chi connectivity index (χ0v) is 23.0. The van der Waals surface area contributed by atoms with Crippen LogP contribution in [-0.2, 0) is 23.7 Å². The molecule has 2 aliphatic heterocycles. The summed E-state index contributed by atoms with van der Waals surface area (Å²) < 4.78 is 41.2. The van der Waals surface area contributed by atoms with Crippen LogP contribution in [0.15, 0.2) is 6.07 Å². The number of fused-ring (bicyclic) bond motifs is 1. The number of nitrogens with zero attached hydrogens (tertiary/aromatic N) is 2. The normalized spacial score (nSPS) is 25.9. The van der Waals surface area contributed by atoms with Gasteiger partial charge in [-0.05, 0) is 20.4 Å². The summed E-state index contributed by atoms with van der Waals surface area (Å²) in [7, 11) is 3.05. The van der Waals surface area contributed by atoms with Crippen molar-refractivity contribution < 1.29 is 33.2 Å². The van der Waals surface area contributed by atoms with E-state index in [1.807, 2.05) is 13.8 Å². The average molecular weight is 513 g/mol. The topological polar surface area (TPSA) is 128 Å². The third-order valence-electron chi connectivity index (χ3n) is 6.14. The zero-order chi connectivity index (χ0) is 26.6. The van der Waals surface area contributed by atoms with Gasteiger partial charge in [0.15, 0.2) is 5.79 Å². The summed E-state index contributed by atoms with van der Waals surface area (Å²) in [5, 5.41) is 3.37. The number of hydrogen-bond donors (Lipinski definition) is 2. The maximum absolute atomic E-state index is 6.27. The van der Waals surface area contributed by atoms with Gasteiger partial charge >= 0.3 is 6.01 Å². The first-order chi connectivity index (χ1) is 16.9. The van der Waals surface area contributed by atoms with Crippen molar-refractivity contribution in [2.75, 3.05) is 59.1 Å². The molecule has 3 rings (SSSR count). The molecule has 0 saturated carbocycles. The van der Waals surface area contributed by atoms with Crippen molar-refractivity contribution in [3.8, 4) is 11.9 Å². The number of aromatic nitrogens is 2. The van der Waals surface area contributed by atoms with Crippen LogP contribution >= 0.6 is 0 Å². The average Bonchev–Trinajstić information content (AvgIpc) is 3.15. The van der Waals surface area contributed by atoms with E-state index in [2.05, 4.69) is 43.0 Å². The maximum atomic E-state index is 6.27. The Morgan fingerprint density at radius 3 is 2.33 bits per heavy atom. The second kappa shape index (κ2) is 11.7. The molecule has 11 heteroatoms. The maximum Gasteiger partial charge on any atom is 0.321 e. The molecule has 206 valence electrons. The minimum Gasteiger partial charge on any atom is -0.481 e. The van der Waals surface area contributed by atoms with Crippen molar-refractivity contribution >= 4 is 5.82 Å². The van der Waals surface area contributed by atoms with Crippen LogP contribution in [0.25, 0.3) is 0 Å². The van der Waals surface area contributed by atoms with E-state index in [1.54, 1.807) is 13.2 Å². The van der Waals surface area contributed by atoms with Crippen molar-refractivity contribution in [3.05, 3.63) is 6.07 Å². The number of hydrogen-bond acceptors (Lipinski definition) is 11. The molecule has 0 aliphatic carbocycles. The highest BCUT2D eigenvalue weighted by atomic mass is 16.8. The monoisotopic (exact) mass is 512 g/mol. The van der Waals surface area contributed by atoms with E-state index in [0.29, 0.717) is 51.3 Å². The first kappa shape index (κ1) is 28.8. The van der Waals surface area contributed by atoms with Crippen molar-refractivity contribution in [1.82, 2.24) is 9.97 Å². The molecule has 2 fully saturated rings. The summed E-state index contributed by atoms with van der Waals surface area (Å²) in [6.45, 7) is 15.3. The largest absolute Gasteiger partial charge is 0.481 e. The minimum atomic E-state index is -0.745. The van der Waals surface area contributed by atoms with E-state index in [0.717, 1.165) is 0 Å². The van der Waals surface area contributed by atoms with Crippen LogP contribution in [0.3, 0.4) is 0 Å². The number of ether oxygens (including phenoxy) is 7. The van der Waals surface area contributed by atoms with Crippen molar-refractivity contribution in [1.29, 1.82) is 0 Å². The molecule has 3 heterocycles. The highest BCUT2D eigenvalue weighted by molar-refractivity contribution is 5.41. The second-order valence-corrected chi connectivity index (χ2v) is 11.5. The van der Waals surface area contributed by atoms with E-state index in [1.165, 1.54) is 7.11 Å². The molecule has 2 aliphatic rings. The van der Waals surface area contributed by atoms with E-state index in [-0.39, 0.29) is 41.2 Å². The van der Waals surface area contributed by atoms with Crippen molar-refractivity contribution in [2.45, 2.75) is 71.7 Å². The molecule has 0 bridgehead atoms. The molecule has 36 heavy (non-hydrogen) atoms. The lowest BCUT2D eigenvalue weighted by Crippen LogP contribution is -2.55. The Morgan fingerprint density at radius 1 is 1.00 bits per heavy atom. The Morgan fingerprint density at radius 2 is 1.67 bits per heavy atom. The third-order valence-corrected chi connectivity index (χ3v) is 6.14. The molecule has 0 spiro atoms. The highest BCUT2D eigenvalue weighted by Crippen LogP contribution is 2.37. The van der Waals surface area contributed by atoms with Gasteiger partial charge in [-0.15, -0.1) is 0 Å². The summed E-state index contributed by atoms with van der Waals surface area (Å²) >= 11 is 0. The molecule has 2 saturated heterocycles. The Kier molecular flexibility index (Phi) is 9.40. The van der Waals surface area contributed by atoms with E-state index >= 15 is 0 Å². The van der Waals surface area contributed by atoms with Crippen LogP contribution in [0, 0.1) is 10.8 Å². The van der Waals surface area contributed by atoms with Crippen LogP contribution in [0.1, 0.15) is 41.5 Å². The molecule has 0 radical (unpaired) electrons. The predicted molar refractivity (Wildman–Crippen MR) is 134 cm³/mol. The lowest BCUT2D eigenvalue weighted by molar-refractivity contribution is -0.162. The fraction of sp³-hybridized carbons (Fsp3) is 0.840. The fourth-order valence-corrected chi connectivity index (χ4v) is 4.12. The summed E-state index contributed by atoms with van der Waals surface area (Å²) in [4.78, 5) is 8.50. The van der Waals surface area contributed by atoms with Crippen molar-refractivity contribution in [3.63, 3.8) is 0 Å². The van der Waals surface area contributed by atoms with E-state index in [4.69, 9.17) is 38.9 Å². The van der Waals surface area contributed by atoms with Crippen LogP contribution in [0.4, 0.5) is 5.82 Å². The second-order valence-electron chi connectivity index (χ2n) is 11.5. The molecular weight excluding hydrogens is 468 g/mol. The molecular formula is C25H44N4O7. The molecule has 11 nitrogen and oxygen atoms in total. The zero-order valence-electron chi connectivity index (χ0n) is 23.0. The van der Waals surface area contributed by atoms with Gasteiger partial charge in [0.2, 0.25) is 5.88 Å². The molecule has 0 unspecified atom stereocenters. The Labute approximate surface area is 214 Å². The summed E-state index contributed by atoms with van der Waals surface area (Å²) in [5.41, 5.74) is 5.60. The lowest BCUT2D eigenvalue weighted by atomic mass is 9.94. The van der Waals surface area contributed by atoms with E-state index < -0.39 is 5.79 Å². The molecule has 0 aromatic carbocycles.